The Labute approximate surface area is 150 Å². The zero-order chi connectivity index (χ0) is 18.1. The van der Waals surface area contributed by atoms with Crippen molar-refractivity contribution in [3.05, 3.63) is 65.9 Å². The Morgan fingerprint density at radius 3 is 2.58 bits per heavy atom. The van der Waals surface area contributed by atoms with Crippen LogP contribution in [0.15, 0.2) is 48.7 Å². The van der Waals surface area contributed by atoms with Crippen LogP contribution in [0.4, 0.5) is 14.5 Å². The van der Waals surface area contributed by atoms with E-state index in [0.29, 0.717) is 5.39 Å². The molecule has 0 amide bonds. The highest BCUT2D eigenvalue weighted by Crippen LogP contribution is 2.29. The van der Waals surface area contributed by atoms with Gasteiger partial charge in [0.25, 0.3) is 0 Å². The third kappa shape index (κ3) is 3.32. The third-order valence-corrected chi connectivity index (χ3v) is 4.77. The summed E-state index contributed by atoms with van der Waals surface area (Å²) < 4.78 is 27.6. The molecule has 1 N–H and O–H groups in total. The second-order valence-electron chi connectivity index (χ2n) is 6.55. The van der Waals surface area contributed by atoms with Gasteiger partial charge in [0.05, 0.1) is 0 Å². The number of aromatic nitrogens is 1. The summed E-state index contributed by atoms with van der Waals surface area (Å²) in [4.78, 5) is 8.50. The van der Waals surface area contributed by atoms with Gasteiger partial charge in [0.15, 0.2) is 5.82 Å². The highest BCUT2D eigenvalue weighted by atomic mass is 19.1. The van der Waals surface area contributed by atoms with Gasteiger partial charge in [-0.2, -0.15) is 0 Å². The van der Waals surface area contributed by atoms with Gasteiger partial charge in [0, 0.05) is 56.1 Å². The summed E-state index contributed by atoms with van der Waals surface area (Å²) >= 11 is 0. The van der Waals surface area contributed by atoms with Crippen LogP contribution in [0.1, 0.15) is 5.56 Å². The summed E-state index contributed by atoms with van der Waals surface area (Å²) in [6.45, 7) is 3.95. The SMILES string of the molecule is Oc1cccc(CN2CCN(c3ccnc4c(F)cc(F)cc34)CC2)c1. The maximum atomic E-state index is 14.0. The Hall–Kier alpha value is -2.73. The van der Waals surface area contributed by atoms with E-state index in [0.717, 1.165) is 50.0 Å². The van der Waals surface area contributed by atoms with Crippen LogP contribution in [0, 0.1) is 11.6 Å². The fourth-order valence-corrected chi connectivity index (χ4v) is 3.50. The molecule has 2 heterocycles. The normalized spacial score (nSPS) is 15.5. The Kier molecular flexibility index (Phi) is 4.42. The number of piperazine rings is 1. The lowest BCUT2D eigenvalue weighted by atomic mass is 10.1. The van der Waals surface area contributed by atoms with Crippen molar-refractivity contribution in [2.24, 2.45) is 0 Å². The van der Waals surface area contributed by atoms with Crippen molar-refractivity contribution >= 4 is 16.6 Å². The summed E-state index contributed by atoms with van der Waals surface area (Å²) in [6, 6.07) is 11.3. The molecular formula is C20H19F2N3O. The number of aromatic hydroxyl groups is 1. The van der Waals surface area contributed by atoms with E-state index in [1.807, 2.05) is 18.2 Å². The van der Waals surface area contributed by atoms with Gasteiger partial charge in [0.2, 0.25) is 0 Å². The predicted octanol–water partition coefficient (Wildman–Crippen LogP) is 3.54. The first-order valence-electron chi connectivity index (χ1n) is 8.59. The Morgan fingerprint density at radius 2 is 1.81 bits per heavy atom. The fraction of sp³-hybridized carbons (Fsp3) is 0.250. The van der Waals surface area contributed by atoms with Crippen molar-refractivity contribution in [3.63, 3.8) is 0 Å². The van der Waals surface area contributed by atoms with E-state index in [1.165, 1.54) is 6.07 Å². The van der Waals surface area contributed by atoms with Crippen molar-refractivity contribution in [2.45, 2.75) is 6.54 Å². The second-order valence-corrected chi connectivity index (χ2v) is 6.55. The van der Waals surface area contributed by atoms with Gasteiger partial charge in [-0.1, -0.05) is 12.1 Å². The predicted molar refractivity (Wildman–Crippen MR) is 97.3 cm³/mol. The zero-order valence-electron chi connectivity index (χ0n) is 14.2. The van der Waals surface area contributed by atoms with Gasteiger partial charge in [0.1, 0.15) is 17.1 Å². The molecule has 4 nitrogen and oxygen atoms in total. The van der Waals surface area contributed by atoms with E-state index < -0.39 is 11.6 Å². The lowest BCUT2D eigenvalue weighted by Gasteiger charge is -2.36. The lowest BCUT2D eigenvalue weighted by Crippen LogP contribution is -2.46. The molecule has 1 aliphatic rings. The number of rotatable bonds is 3. The van der Waals surface area contributed by atoms with Crippen molar-refractivity contribution < 1.29 is 13.9 Å². The van der Waals surface area contributed by atoms with Gasteiger partial charge in [-0.25, -0.2) is 8.78 Å². The lowest BCUT2D eigenvalue weighted by molar-refractivity contribution is 0.250. The maximum Gasteiger partial charge on any atom is 0.152 e. The fourth-order valence-electron chi connectivity index (χ4n) is 3.50. The van der Waals surface area contributed by atoms with Crippen LogP contribution < -0.4 is 4.90 Å². The van der Waals surface area contributed by atoms with Crippen molar-refractivity contribution in [3.8, 4) is 5.75 Å². The molecule has 26 heavy (non-hydrogen) atoms. The molecule has 0 atom stereocenters. The number of anilines is 1. The van der Waals surface area contributed by atoms with Crippen LogP contribution in [0.2, 0.25) is 0 Å². The molecule has 134 valence electrons. The molecule has 0 spiro atoms. The van der Waals surface area contributed by atoms with Gasteiger partial charge in [-0.15, -0.1) is 0 Å². The van der Waals surface area contributed by atoms with Crippen LogP contribution in [-0.4, -0.2) is 41.2 Å². The monoisotopic (exact) mass is 355 g/mol. The Balaban J connectivity index is 1.51. The average molecular weight is 355 g/mol. The Bertz CT molecular complexity index is 939. The Morgan fingerprint density at radius 1 is 1.00 bits per heavy atom. The van der Waals surface area contributed by atoms with E-state index in [2.05, 4.69) is 14.8 Å². The number of phenols is 1. The molecular weight excluding hydrogens is 336 g/mol. The van der Waals surface area contributed by atoms with Crippen LogP contribution >= 0.6 is 0 Å². The standard InChI is InChI=1S/C20H19F2N3O/c21-15-11-17-19(4-5-23-20(17)18(22)12-15)25-8-6-24(7-9-25)13-14-2-1-3-16(26)10-14/h1-5,10-12,26H,6-9,13H2. The topological polar surface area (TPSA) is 39.6 Å². The first-order chi connectivity index (χ1) is 12.6. The van der Waals surface area contributed by atoms with Crippen LogP contribution in [0.5, 0.6) is 5.75 Å². The highest BCUT2D eigenvalue weighted by molar-refractivity contribution is 5.92. The minimum Gasteiger partial charge on any atom is -0.508 e. The molecule has 1 saturated heterocycles. The second kappa shape index (κ2) is 6.88. The molecule has 4 rings (SSSR count). The van der Waals surface area contributed by atoms with Gasteiger partial charge in [-0.3, -0.25) is 9.88 Å². The molecule has 0 bridgehead atoms. The zero-order valence-corrected chi connectivity index (χ0v) is 14.2. The molecule has 0 saturated carbocycles. The van der Waals surface area contributed by atoms with Crippen molar-refractivity contribution in [1.29, 1.82) is 0 Å². The number of phenolic OH excluding ortho intramolecular Hbond substituents is 1. The van der Waals surface area contributed by atoms with Crippen LogP contribution in [0.25, 0.3) is 10.9 Å². The minimum absolute atomic E-state index is 0.200. The minimum atomic E-state index is -0.635. The molecule has 0 unspecified atom stereocenters. The summed E-state index contributed by atoms with van der Waals surface area (Å²) in [5.41, 5.74) is 2.08. The first-order valence-corrected chi connectivity index (χ1v) is 8.59. The number of fused-ring (bicyclic) bond motifs is 1. The quantitative estimate of drug-likeness (QED) is 0.780. The molecule has 2 aromatic carbocycles. The number of benzene rings is 2. The summed E-state index contributed by atoms with van der Waals surface area (Å²) in [5, 5.41) is 10.1. The van der Waals surface area contributed by atoms with Crippen LogP contribution in [-0.2, 0) is 6.54 Å². The molecule has 1 aromatic heterocycles. The summed E-state index contributed by atoms with van der Waals surface area (Å²) in [5.74, 6) is -0.954. The van der Waals surface area contributed by atoms with E-state index in [9.17, 15) is 13.9 Å². The molecule has 1 aliphatic heterocycles. The number of pyridine rings is 1. The van der Waals surface area contributed by atoms with Crippen LogP contribution in [0.3, 0.4) is 0 Å². The van der Waals surface area contributed by atoms with Crippen molar-refractivity contribution in [1.82, 2.24) is 9.88 Å². The number of hydrogen-bond donors (Lipinski definition) is 1. The largest absolute Gasteiger partial charge is 0.508 e. The van der Waals surface area contributed by atoms with Gasteiger partial charge >= 0.3 is 0 Å². The summed E-state index contributed by atoms with van der Waals surface area (Å²) in [7, 11) is 0. The number of halogens is 2. The smallest absolute Gasteiger partial charge is 0.152 e. The molecule has 3 aromatic rings. The molecule has 0 radical (unpaired) electrons. The number of nitrogens with zero attached hydrogens (tertiary/aromatic N) is 3. The van der Waals surface area contributed by atoms with Crippen molar-refractivity contribution in [2.75, 3.05) is 31.1 Å². The first kappa shape index (κ1) is 16.7. The maximum absolute atomic E-state index is 14.0. The van der Waals surface area contributed by atoms with Gasteiger partial charge < -0.3 is 10.0 Å². The van der Waals surface area contributed by atoms with E-state index >= 15 is 0 Å². The number of hydrogen-bond acceptors (Lipinski definition) is 4. The van der Waals surface area contributed by atoms with E-state index in [4.69, 9.17) is 0 Å². The molecule has 1 fully saturated rings. The average Bonchev–Trinajstić information content (AvgIpc) is 2.62. The molecule has 0 aliphatic carbocycles. The van der Waals surface area contributed by atoms with E-state index in [-0.39, 0.29) is 11.3 Å². The molecule has 6 heteroatoms. The van der Waals surface area contributed by atoms with Gasteiger partial charge in [-0.05, 0) is 29.8 Å². The highest BCUT2D eigenvalue weighted by Gasteiger charge is 2.20. The summed E-state index contributed by atoms with van der Waals surface area (Å²) in [6.07, 6.45) is 1.57. The third-order valence-electron chi connectivity index (χ3n) is 4.77. The van der Waals surface area contributed by atoms with E-state index in [1.54, 1.807) is 18.3 Å².